The fourth-order valence-electron chi connectivity index (χ4n) is 4.09. The molecule has 0 radical (unpaired) electrons. The average molecular weight is 470 g/mol. The number of Topliss-reactive ketones (excluding diaryl/α,β-unsaturated/α-hetero) is 1. The number of aryl methyl sites for hydroxylation is 1. The van der Waals surface area contributed by atoms with Crippen LogP contribution in [0.15, 0.2) is 42.7 Å². The van der Waals surface area contributed by atoms with E-state index in [1.54, 1.807) is 21.8 Å². The maximum atomic E-state index is 14.5. The van der Waals surface area contributed by atoms with E-state index in [1.807, 2.05) is 25.4 Å². The number of ketones is 1. The molecule has 2 aromatic carbocycles. The Kier molecular flexibility index (Phi) is 5.54. The monoisotopic (exact) mass is 469 g/mol. The number of fused-ring (bicyclic) bond motifs is 1. The summed E-state index contributed by atoms with van der Waals surface area (Å²) in [6.45, 7) is 1.26. The fourth-order valence-corrected chi connectivity index (χ4v) is 4.26. The van der Waals surface area contributed by atoms with Crippen molar-refractivity contribution in [1.29, 1.82) is 0 Å². The first kappa shape index (κ1) is 21.5. The van der Waals surface area contributed by atoms with Gasteiger partial charge in [0.25, 0.3) is 5.91 Å². The largest absolute Gasteiger partial charge is 0.493 e. The highest BCUT2D eigenvalue weighted by atomic mass is 35.5. The van der Waals surface area contributed by atoms with Crippen LogP contribution in [0.5, 0.6) is 11.5 Å². The van der Waals surface area contributed by atoms with Crippen LogP contribution in [0.2, 0.25) is 5.02 Å². The summed E-state index contributed by atoms with van der Waals surface area (Å²) in [6.07, 6.45) is 3.77. The lowest BCUT2D eigenvalue weighted by atomic mass is 9.97. The van der Waals surface area contributed by atoms with Crippen LogP contribution < -0.4 is 9.47 Å². The van der Waals surface area contributed by atoms with E-state index >= 15 is 0 Å². The van der Waals surface area contributed by atoms with Crippen molar-refractivity contribution in [3.05, 3.63) is 64.7 Å². The summed E-state index contributed by atoms with van der Waals surface area (Å²) in [4.78, 5) is 26.0. The van der Waals surface area contributed by atoms with Crippen molar-refractivity contribution in [2.45, 2.75) is 6.42 Å². The Labute approximate surface area is 194 Å². The average Bonchev–Trinajstić information content (AvgIpc) is 3.19. The first-order chi connectivity index (χ1) is 15.9. The highest BCUT2D eigenvalue weighted by molar-refractivity contribution is 6.31. The minimum atomic E-state index is -0.643. The molecule has 0 spiro atoms. The molecule has 9 heteroatoms. The number of ether oxygens (including phenoxy) is 2. The SMILES string of the molecule is Cn1cc(-c2cc(Cl)ccc2OCC2CN(C(=O)c3cc4c(cc3F)OCC(=O)C4)C2)cn1. The van der Waals surface area contributed by atoms with Crippen molar-refractivity contribution in [3.8, 4) is 22.6 Å². The van der Waals surface area contributed by atoms with E-state index in [2.05, 4.69) is 5.10 Å². The van der Waals surface area contributed by atoms with E-state index < -0.39 is 11.7 Å². The van der Waals surface area contributed by atoms with Gasteiger partial charge < -0.3 is 14.4 Å². The summed E-state index contributed by atoms with van der Waals surface area (Å²) in [5.74, 6) is -0.00538. The number of nitrogens with zero attached hydrogens (tertiary/aromatic N) is 3. The number of hydrogen-bond acceptors (Lipinski definition) is 5. The van der Waals surface area contributed by atoms with E-state index in [4.69, 9.17) is 21.1 Å². The van der Waals surface area contributed by atoms with Gasteiger partial charge in [-0.3, -0.25) is 14.3 Å². The maximum absolute atomic E-state index is 14.5. The molecule has 1 fully saturated rings. The van der Waals surface area contributed by atoms with Crippen LogP contribution in [0.1, 0.15) is 15.9 Å². The molecule has 0 aliphatic carbocycles. The molecular formula is C24H21ClFN3O4. The Morgan fingerprint density at radius 1 is 1.30 bits per heavy atom. The second kappa shape index (κ2) is 8.51. The van der Waals surface area contributed by atoms with Gasteiger partial charge in [-0.2, -0.15) is 5.10 Å². The number of hydrogen-bond donors (Lipinski definition) is 0. The van der Waals surface area contributed by atoms with Gasteiger partial charge in [0.1, 0.15) is 23.9 Å². The van der Waals surface area contributed by atoms with E-state index in [0.29, 0.717) is 41.8 Å². The topological polar surface area (TPSA) is 73.7 Å². The van der Waals surface area contributed by atoms with Crippen LogP contribution in [-0.4, -0.2) is 52.7 Å². The normalized spacial score (nSPS) is 15.6. The number of halogens is 2. The van der Waals surface area contributed by atoms with Gasteiger partial charge in [-0.05, 0) is 24.3 Å². The summed E-state index contributed by atoms with van der Waals surface area (Å²) < 4.78 is 27.5. The number of benzene rings is 2. The Balaban J connectivity index is 1.22. The third-order valence-corrected chi connectivity index (χ3v) is 6.07. The number of rotatable bonds is 5. The standard InChI is InChI=1S/C24H21ClFN3O4/c1-28-11-16(8-27-28)19-6-17(25)2-3-22(19)32-12-14-9-29(10-14)24(31)20-5-15-4-18(30)13-33-23(15)7-21(20)26/h2-3,5-8,11,14H,4,9-10,12-13H2,1H3. The Morgan fingerprint density at radius 3 is 2.88 bits per heavy atom. The third-order valence-electron chi connectivity index (χ3n) is 5.83. The summed E-state index contributed by atoms with van der Waals surface area (Å²) in [6, 6.07) is 8.04. The second-order valence-corrected chi connectivity index (χ2v) is 8.81. The minimum absolute atomic E-state index is 0.0389. The van der Waals surface area contributed by atoms with Crippen LogP contribution in [0.4, 0.5) is 4.39 Å². The van der Waals surface area contributed by atoms with Gasteiger partial charge in [0.2, 0.25) is 0 Å². The second-order valence-electron chi connectivity index (χ2n) is 8.37. The molecule has 0 atom stereocenters. The Morgan fingerprint density at radius 2 is 2.12 bits per heavy atom. The molecule has 0 bridgehead atoms. The molecule has 2 aliphatic heterocycles. The maximum Gasteiger partial charge on any atom is 0.256 e. The molecule has 7 nitrogen and oxygen atoms in total. The molecule has 170 valence electrons. The van der Waals surface area contributed by atoms with Crippen LogP contribution in [0, 0.1) is 11.7 Å². The molecule has 0 saturated carbocycles. The minimum Gasteiger partial charge on any atom is -0.493 e. The van der Waals surface area contributed by atoms with E-state index in [0.717, 1.165) is 11.1 Å². The molecule has 33 heavy (non-hydrogen) atoms. The predicted octanol–water partition coefficient (Wildman–Crippen LogP) is 3.53. The number of aromatic nitrogens is 2. The summed E-state index contributed by atoms with van der Waals surface area (Å²) in [5.41, 5.74) is 2.24. The Hall–Kier alpha value is -3.39. The number of carbonyl (C=O) groups is 2. The zero-order valence-corrected chi connectivity index (χ0v) is 18.6. The van der Waals surface area contributed by atoms with Crippen molar-refractivity contribution in [3.63, 3.8) is 0 Å². The Bertz CT molecular complexity index is 1250. The number of likely N-dealkylation sites (tertiary alicyclic amines) is 1. The van der Waals surface area contributed by atoms with Crippen LogP contribution in [0.25, 0.3) is 11.1 Å². The first-order valence-electron chi connectivity index (χ1n) is 10.5. The summed E-state index contributed by atoms with van der Waals surface area (Å²) in [5, 5.41) is 4.80. The van der Waals surface area contributed by atoms with Gasteiger partial charge in [-0.25, -0.2) is 4.39 Å². The van der Waals surface area contributed by atoms with Crippen LogP contribution in [0.3, 0.4) is 0 Å². The third kappa shape index (κ3) is 4.30. The molecule has 5 rings (SSSR count). The number of carbonyl (C=O) groups excluding carboxylic acids is 2. The zero-order valence-electron chi connectivity index (χ0n) is 17.9. The quantitative estimate of drug-likeness (QED) is 0.571. The van der Waals surface area contributed by atoms with Crippen LogP contribution in [-0.2, 0) is 18.3 Å². The predicted molar refractivity (Wildman–Crippen MR) is 119 cm³/mol. The van der Waals surface area contributed by atoms with Gasteiger partial charge in [-0.1, -0.05) is 11.6 Å². The van der Waals surface area contributed by atoms with Crippen molar-refractivity contribution in [2.75, 3.05) is 26.3 Å². The van der Waals surface area contributed by atoms with Crippen molar-refractivity contribution < 1.29 is 23.5 Å². The van der Waals surface area contributed by atoms with Gasteiger partial charge in [0.05, 0.1) is 18.4 Å². The zero-order chi connectivity index (χ0) is 23.1. The molecular weight excluding hydrogens is 449 g/mol. The lowest BCUT2D eigenvalue weighted by Gasteiger charge is -2.39. The lowest BCUT2D eigenvalue weighted by molar-refractivity contribution is -0.121. The molecule has 1 saturated heterocycles. The van der Waals surface area contributed by atoms with Crippen molar-refractivity contribution in [2.24, 2.45) is 13.0 Å². The fraction of sp³-hybridized carbons (Fsp3) is 0.292. The van der Waals surface area contributed by atoms with Gasteiger partial charge in [-0.15, -0.1) is 0 Å². The molecule has 1 amide bonds. The van der Waals surface area contributed by atoms with Crippen molar-refractivity contribution >= 4 is 23.3 Å². The van der Waals surface area contributed by atoms with E-state index in [1.165, 1.54) is 12.1 Å². The molecule has 1 aromatic heterocycles. The van der Waals surface area contributed by atoms with Gasteiger partial charge in [0, 0.05) is 66.5 Å². The highest BCUT2D eigenvalue weighted by Gasteiger charge is 2.34. The van der Waals surface area contributed by atoms with E-state index in [9.17, 15) is 14.0 Å². The van der Waals surface area contributed by atoms with E-state index in [-0.39, 0.29) is 30.3 Å². The molecule has 3 heterocycles. The molecule has 0 unspecified atom stereocenters. The summed E-state index contributed by atoms with van der Waals surface area (Å²) in [7, 11) is 1.84. The number of amides is 1. The highest BCUT2D eigenvalue weighted by Crippen LogP contribution is 2.34. The molecule has 0 N–H and O–H groups in total. The smallest absolute Gasteiger partial charge is 0.256 e. The van der Waals surface area contributed by atoms with Crippen LogP contribution >= 0.6 is 11.6 Å². The molecule has 3 aromatic rings. The first-order valence-corrected chi connectivity index (χ1v) is 10.9. The van der Waals surface area contributed by atoms with Crippen molar-refractivity contribution in [1.82, 2.24) is 14.7 Å². The summed E-state index contributed by atoms with van der Waals surface area (Å²) >= 11 is 6.17. The molecule has 2 aliphatic rings. The lowest BCUT2D eigenvalue weighted by Crippen LogP contribution is -2.52. The van der Waals surface area contributed by atoms with Gasteiger partial charge >= 0.3 is 0 Å². The van der Waals surface area contributed by atoms with Gasteiger partial charge in [0.15, 0.2) is 5.78 Å².